The van der Waals surface area contributed by atoms with Crippen LogP contribution in [0, 0.1) is 0 Å². The normalized spacial score (nSPS) is 11.3. The lowest BCUT2D eigenvalue weighted by molar-refractivity contribution is 0.125. The van der Waals surface area contributed by atoms with E-state index in [1.54, 1.807) is 0 Å². The van der Waals surface area contributed by atoms with Crippen molar-refractivity contribution >= 4 is 10.8 Å². The number of phenolic OH excluding ortho intramolecular Hbond substituents is 1. The molecule has 28 heavy (non-hydrogen) atoms. The summed E-state index contributed by atoms with van der Waals surface area (Å²) in [6.45, 7) is 4.14. The number of aryl methyl sites for hydroxylation is 1. The van der Waals surface area contributed by atoms with E-state index in [1.807, 2.05) is 18.2 Å². The Hall–Kier alpha value is -1.54. The third-order valence-electron chi connectivity index (χ3n) is 5.61. The molecule has 2 rings (SSSR count). The fourth-order valence-corrected chi connectivity index (χ4v) is 3.82. The van der Waals surface area contributed by atoms with Crippen molar-refractivity contribution in [1.82, 2.24) is 0 Å². The Balaban J connectivity index is 1.43. The van der Waals surface area contributed by atoms with Crippen LogP contribution in [0.3, 0.4) is 0 Å². The van der Waals surface area contributed by atoms with E-state index in [0.29, 0.717) is 5.75 Å². The van der Waals surface area contributed by atoms with E-state index >= 15 is 0 Å². The third kappa shape index (κ3) is 8.65. The van der Waals surface area contributed by atoms with E-state index in [9.17, 15) is 5.11 Å². The van der Waals surface area contributed by atoms with Crippen molar-refractivity contribution in [3.8, 4) is 5.75 Å². The lowest BCUT2D eigenvalue weighted by atomic mass is 10.0. The van der Waals surface area contributed by atoms with E-state index in [4.69, 9.17) is 4.74 Å². The van der Waals surface area contributed by atoms with Gasteiger partial charge in [-0.25, -0.2) is 0 Å². The summed E-state index contributed by atoms with van der Waals surface area (Å²) < 4.78 is 5.75. The highest BCUT2D eigenvalue weighted by molar-refractivity contribution is 5.89. The van der Waals surface area contributed by atoms with Gasteiger partial charge in [-0.2, -0.15) is 0 Å². The molecule has 2 heteroatoms. The predicted octanol–water partition coefficient (Wildman–Crippen LogP) is 7.81. The molecule has 0 aliphatic heterocycles. The number of rotatable bonds is 16. The van der Waals surface area contributed by atoms with Gasteiger partial charge in [0.25, 0.3) is 0 Å². The Morgan fingerprint density at radius 1 is 0.679 bits per heavy atom. The van der Waals surface area contributed by atoms with Gasteiger partial charge in [-0.1, -0.05) is 101 Å². The number of fused-ring (bicyclic) bond motifs is 1. The van der Waals surface area contributed by atoms with E-state index in [1.165, 1.54) is 70.6 Å². The Bertz CT molecular complexity index is 650. The SMILES string of the molecule is CCCCCCCCOCCCCCCCCc1ccc2ccccc2c1O. The smallest absolute Gasteiger partial charge is 0.126 e. The van der Waals surface area contributed by atoms with Crippen LogP contribution >= 0.6 is 0 Å². The number of ether oxygens (including phenoxy) is 1. The highest BCUT2D eigenvalue weighted by atomic mass is 16.5. The van der Waals surface area contributed by atoms with Crippen LogP contribution in [0.2, 0.25) is 0 Å². The van der Waals surface area contributed by atoms with Gasteiger partial charge in [-0.3, -0.25) is 0 Å². The summed E-state index contributed by atoms with van der Waals surface area (Å²) >= 11 is 0. The quantitative estimate of drug-likeness (QED) is 0.299. The molecule has 0 spiro atoms. The summed E-state index contributed by atoms with van der Waals surface area (Å²) in [7, 11) is 0. The molecule has 0 heterocycles. The molecule has 1 N–H and O–H groups in total. The minimum absolute atomic E-state index is 0.473. The number of unbranched alkanes of at least 4 members (excludes halogenated alkanes) is 10. The van der Waals surface area contributed by atoms with Crippen LogP contribution in [0.1, 0.15) is 89.5 Å². The van der Waals surface area contributed by atoms with E-state index in [0.717, 1.165) is 42.4 Å². The van der Waals surface area contributed by atoms with Gasteiger partial charge in [0.05, 0.1) is 0 Å². The molecule has 156 valence electrons. The molecule has 0 atom stereocenters. The first-order chi connectivity index (χ1) is 13.8. The molecule has 0 radical (unpaired) electrons. The molecular formula is C26H40O2. The van der Waals surface area contributed by atoms with Gasteiger partial charge in [0.15, 0.2) is 0 Å². The molecule has 2 aromatic rings. The summed E-state index contributed by atoms with van der Waals surface area (Å²) in [5.74, 6) is 0.473. The number of phenols is 1. The first kappa shape index (κ1) is 22.7. The van der Waals surface area contributed by atoms with Crippen molar-refractivity contribution in [1.29, 1.82) is 0 Å². The zero-order valence-corrected chi connectivity index (χ0v) is 17.9. The Kier molecular flexibility index (Phi) is 11.7. The standard InChI is InChI=1S/C26H40O2/c1-2-3-4-5-9-14-21-28-22-15-10-7-6-8-11-17-24-20-19-23-16-12-13-18-25(23)26(24)27/h12-13,16,18-20,27H,2-11,14-15,17,21-22H2,1H3. The second-order valence-electron chi connectivity index (χ2n) is 8.05. The van der Waals surface area contributed by atoms with E-state index in [-0.39, 0.29) is 0 Å². The average molecular weight is 385 g/mol. The van der Waals surface area contributed by atoms with Crippen LogP contribution < -0.4 is 0 Å². The molecule has 0 aliphatic rings. The second kappa shape index (κ2) is 14.5. The van der Waals surface area contributed by atoms with Gasteiger partial charge in [-0.05, 0) is 36.6 Å². The fraction of sp³-hybridized carbons (Fsp3) is 0.615. The molecular weight excluding hydrogens is 344 g/mol. The van der Waals surface area contributed by atoms with Crippen molar-refractivity contribution in [2.24, 2.45) is 0 Å². The maximum Gasteiger partial charge on any atom is 0.126 e. The summed E-state index contributed by atoms with van der Waals surface area (Å²) in [5, 5.41) is 12.5. The zero-order chi connectivity index (χ0) is 19.9. The van der Waals surface area contributed by atoms with Crippen LogP contribution in [0.15, 0.2) is 36.4 Å². The Morgan fingerprint density at radius 2 is 1.29 bits per heavy atom. The van der Waals surface area contributed by atoms with E-state index < -0.39 is 0 Å². The van der Waals surface area contributed by atoms with Crippen molar-refractivity contribution in [3.63, 3.8) is 0 Å². The lowest BCUT2D eigenvalue weighted by Gasteiger charge is -2.08. The Morgan fingerprint density at radius 3 is 2.00 bits per heavy atom. The molecule has 0 saturated heterocycles. The minimum Gasteiger partial charge on any atom is -0.507 e. The van der Waals surface area contributed by atoms with Crippen LogP contribution in [0.4, 0.5) is 0 Å². The van der Waals surface area contributed by atoms with Gasteiger partial charge >= 0.3 is 0 Å². The maximum atomic E-state index is 10.5. The van der Waals surface area contributed by atoms with Crippen LogP contribution in [-0.4, -0.2) is 18.3 Å². The monoisotopic (exact) mass is 384 g/mol. The number of aromatic hydroxyl groups is 1. The molecule has 0 bridgehead atoms. The molecule has 2 nitrogen and oxygen atoms in total. The van der Waals surface area contributed by atoms with Gasteiger partial charge in [0, 0.05) is 18.6 Å². The van der Waals surface area contributed by atoms with Crippen LogP contribution in [0.5, 0.6) is 5.75 Å². The fourth-order valence-electron chi connectivity index (χ4n) is 3.82. The molecule has 0 fully saturated rings. The first-order valence-electron chi connectivity index (χ1n) is 11.6. The number of benzene rings is 2. The summed E-state index contributed by atoms with van der Waals surface area (Å²) in [4.78, 5) is 0. The van der Waals surface area contributed by atoms with E-state index in [2.05, 4.69) is 25.1 Å². The molecule has 0 amide bonds. The summed E-state index contributed by atoms with van der Waals surface area (Å²) in [5.41, 5.74) is 1.08. The summed E-state index contributed by atoms with van der Waals surface area (Å²) in [6, 6.07) is 12.3. The third-order valence-corrected chi connectivity index (χ3v) is 5.61. The molecule has 0 aromatic heterocycles. The van der Waals surface area contributed by atoms with Crippen LogP contribution in [-0.2, 0) is 11.2 Å². The topological polar surface area (TPSA) is 29.5 Å². The lowest BCUT2D eigenvalue weighted by Crippen LogP contribution is -1.97. The predicted molar refractivity (Wildman–Crippen MR) is 121 cm³/mol. The van der Waals surface area contributed by atoms with Gasteiger partial charge in [0.1, 0.15) is 5.75 Å². The first-order valence-corrected chi connectivity index (χ1v) is 11.6. The van der Waals surface area contributed by atoms with Gasteiger partial charge < -0.3 is 9.84 Å². The maximum absolute atomic E-state index is 10.5. The molecule has 0 unspecified atom stereocenters. The number of hydrogen-bond acceptors (Lipinski definition) is 2. The zero-order valence-electron chi connectivity index (χ0n) is 17.9. The van der Waals surface area contributed by atoms with Gasteiger partial charge in [0.2, 0.25) is 0 Å². The highest BCUT2D eigenvalue weighted by Gasteiger charge is 2.05. The minimum atomic E-state index is 0.473. The number of hydrogen-bond donors (Lipinski definition) is 1. The second-order valence-corrected chi connectivity index (χ2v) is 8.05. The molecule has 0 aliphatic carbocycles. The van der Waals surface area contributed by atoms with Crippen molar-refractivity contribution in [2.45, 2.75) is 90.4 Å². The largest absolute Gasteiger partial charge is 0.507 e. The molecule has 2 aromatic carbocycles. The Labute approximate surface area is 172 Å². The van der Waals surface area contributed by atoms with Crippen molar-refractivity contribution < 1.29 is 9.84 Å². The van der Waals surface area contributed by atoms with Gasteiger partial charge in [-0.15, -0.1) is 0 Å². The van der Waals surface area contributed by atoms with Crippen LogP contribution in [0.25, 0.3) is 10.8 Å². The van der Waals surface area contributed by atoms with Crippen molar-refractivity contribution in [2.75, 3.05) is 13.2 Å². The average Bonchev–Trinajstić information content (AvgIpc) is 2.72. The van der Waals surface area contributed by atoms with Crippen molar-refractivity contribution in [3.05, 3.63) is 42.0 Å². The molecule has 0 saturated carbocycles. The highest BCUT2D eigenvalue weighted by Crippen LogP contribution is 2.29. The summed E-state index contributed by atoms with van der Waals surface area (Å²) in [6.07, 6.45) is 16.4.